The van der Waals surface area contributed by atoms with Crippen LogP contribution in [-0.2, 0) is 35.5 Å². The van der Waals surface area contributed by atoms with Crippen LogP contribution in [0.3, 0.4) is 0 Å². The summed E-state index contributed by atoms with van der Waals surface area (Å²) < 4.78 is 0. The van der Waals surface area contributed by atoms with E-state index in [4.69, 9.17) is 0 Å². The molecule has 4 nitrogen and oxygen atoms in total. The first-order valence-electron chi connectivity index (χ1n) is 8.38. The van der Waals surface area contributed by atoms with Crippen molar-refractivity contribution < 1.29 is 9.59 Å². The van der Waals surface area contributed by atoms with E-state index in [0.29, 0.717) is 25.9 Å². The van der Waals surface area contributed by atoms with E-state index in [1.165, 1.54) is 0 Å². The quantitative estimate of drug-likeness (QED) is 0.783. The summed E-state index contributed by atoms with van der Waals surface area (Å²) in [5.74, 6) is 0.132. The first-order chi connectivity index (χ1) is 11.7. The molecule has 4 aliphatic rings. The van der Waals surface area contributed by atoms with Crippen molar-refractivity contribution in [3.05, 3.63) is 70.8 Å². The Labute approximate surface area is 142 Å². The third-order valence-electron chi connectivity index (χ3n) is 4.31. The van der Waals surface area contributed by atoms with Gasteiger partial charge in [-0.3, -0.25) is 9.59 Å². The monoisotopic (exact) mass is 322 g/mol. The summed E-state index contributed by atoms with van der Waals surface area (Å²) in [7, 11) is 0. The number of rotatable bonds is 0. The van der Waals surface area contributed by atoms with Crippen molar-refractivity contribution in [2.75, 3.05) is 0 Å². The molecule has 0 fully saturated rings. The van der Waals surface area contributed by atoms with Crippen molar-refractivity contribution in [3.8, 4) is 0 Å². The van der Waals surface area contributed by atoms with E-state index in [1.807, 2.05) is 48.5 Å². The van der Waals surface area contributed by atoms with Gasteiger partial charge in [-0.1, -0.05) is 48.5 Å². The molecule has 124 valence electrons. The molecule has 0 saturated carbocycles. The summed E-state index contributed by atoms with van der Waals surface area (Å²) in [5.41, 5.74) is 4.40. The van der Waals surface area contributed by atoms with Crippen LogP contribution in [0.25, 0.3) is 0 Å². The first kappa shape index (κ1) is 16.2. The highest BCUT2D eigenvalue weighted by molar-refractivity contribution is 5.76. The molecule has 24 heavy (non-hydrogen) atoms. The summed E-state index contributed by atoms with van der Waals surface area (Å²) in [6.07, 6.45) is 2.43. The zero-order chi connectivity index (χ0) is 16.8. The molecule has 2 amide bonds. The van der Waals surface area contributed by atoms with Crippen LogP contribution >= 0.6 is 0 Å². The Kier molecular flexibility index (Phi) is 5.26. The molecule has 0 saturated heterocycles. The van der Waals surface area contributed by atoms with E-state index in [9.17, 15) is 9.59 Å². The molecular formula is C20H22N2O2. The Bertz CT molecular complexity index is 584. The lowest BCUT2D eigenvalue weighted by atomic mass is 10.0. The Hall–Kier alpha value is -2.62. The lowest BCUT2D eigenvalue weighted by Crippen LogP contribution is -2.24. The fourth-order valence-electron chi connectivity index (χ4n) is 2.74. The highest BCUT2D eigenvalue weighted by atomic mass is 16.2. The fraction of sp³-hybridized carbons (Fsp3) is 0.300. The Morgan fingerprint density at radius 3 is 1.21 bits per heavy atom. The Morgan fingerprint density at radius 2 is 0.833 bits per heavy atom. The molecule has 0 aliphatic carbocycles. The van der Waals surface area contributed by atoms with Crippen LogP contribution in [0.15, 0.2) is 48.5 Å². The molecule has 0 atom stereocenters. The van der Waals surface area contributed by atoms with Gasteiger partial charge in [0.05, 0.1) is 0 Å². The normalized spacial score (nSPS) is 16.2. The maximum atomic E-state index is 12.0. The number of benzene rings is 2. The lowest BCUT2D eigenvalue weighted by molar-refractivity contribution is -0.122. The van der Waals surface area contributed by atoms with E-state index in [2.05, 4.69) is 10.6 Å². The number of hydrogen-bond acceptors (Lipinski definition) is 2. The Morgan fingerprint density at radius 1 is 0.500 bits per heavy atom. The average Bonchev–Trinajstić information content (AvgIpc) is 2.62. The van der Waals surface area contributed by atoms with Crippen LogP contribution in [-0.4, -0.2) is 11.8 Å². The molecule has 4 aliphatic heterocycles. The van der Waals surface area contributed by atoms with Crippen LogP contribution in [0.5, 0.6) is 0 Å². The van der Waals surface area contributed by atoms with E-state index in [1.54, 1.807) is 0 Å². The standard InChI is InChI=1S/C20H22N2O2/c23-19-11-9-15-1-2-16(4-3-15)10-12-20(24)22-14-18-7-5-17(6-8-18)13-21-19/h1-8H,9-14H2,(H,21,23)(H,22,24). The third-order valence-corrected chi connectivity index (χ3v) is 4.31. The van der Waals surface area contributed by atoms with Crippen LogP contribution < -0.4 is 10.6 Å². The van der Waals surface area contributed by atoms with Gasteiger partial charge in [0.1, 0.15) is 0 Å². The van der Waals surface area contributed by atoms with Gasteiger partial charge in [0.15, 0.2) is 0 Å². The minimum absolute atomic E-state index is 0.0662. The van der Waals surface area contributed by atoms with Gasteiger partial charge in [-0.05, 0) is 35.1 Å². The molecule has 4 bridgehead atoms. The number of carbonyl (C=O) groups is 2. The topological polar surface area (TPSA) is 58.2 Å². The average molecular weight is 322 g/mol. The summed E-state index contributed by atoms with van der Waals surface area (Å²) in [5, 5.41) is 5.91. The molecule has 6 rings (SSSR count). The minimum Gasteiger partial charge on any atom is -0.352 e. The lowest BCUT2D eigenvalue weighted by Gasteiger charge is -2.10. The smallest absolute Gasteiger partial charge is 0.220 e. The molecule has 4 heterocycles. The van der Waals surface area contributed by atoms with Gasteiger partial charge in [0, 0.05) is 25.9 Å². The largest absolute Gasteiger partial charge is 0.352 e. The third kappa shape index (κ3) is 4.69. The molecule has 4 heteroatoms. The highest BCUT2D eigenvalue weighted by Gasteiger charge is 2.06. The van der Waals surface area contributed by atoms with Gasteiger partial charge in [-0.25, -0.2) is 0 Å². The predicted molar refractivity (Wildman–Crippen MR) is 93.2 cm³/mol. The van der Waals surface area contributed by atoms with Gasteiger partial charge in [-0.2, -0.15) is 0 Å². The van der Waals surface area contributed by atoms with Crippen molar-refractivity contribution in [2.24, 2.45) is 0 Å². The summed E-state index contributed by atoms with van der Waals surface area (Å²) in [4.78, 5) is 23.9. The molecule has 0 spiro atoms. The Balaban J connectivity index is 1.72. The van der Waals surface area contributed by atoms with Crippen molar-refractivity contribution in [2.45, 2.75) is 38.8 Å². The second-order valence-corrected chi connectivity index (χ2v) is 6.19. The number of nitrogens with one attached hydrogen (secondary N) is 2. The first-order valence-corrected chi connectivity index (χ1v) is 8.38. The highest BCUT2D eigenvalue weighted by Crippen LogP contribution is 2.10. The van der Waals surface area contributed by atoms with Gasteiger partial charge in [-0.15, -0.1) is 0 Å². The zero-order valence-corrected chi connectivity index (χ0v) is 13.7. The SMILES string of the molecule is O=C1CCc2ccc(cc2)CCC(=O)NCc2ccc(cc2)CN1. The molecule has 2 aromatic carbocycles. The predicted octanol–water partition coefficient (Wildman–Crippen LogP) is 2.50. The summed E-state index contributed by atoms with van der Waals surface area (Å²) in [6.45, 7) is 1.06. The van der Waals surface area contributed by atoms with Gasteiger partial charge >= 0.3 is 0 Å². The second-order valence-electron chi connectivity index (χ2n) is 6.19. The van der Waals surface area contributed by atoms with E-state index >= 15 is 0 Å². The number of amides is 2. The minimum atomic E-state index is 0.0662. The van der Waals surface area contributed by atoms with Gasteiger partial charge < -0.3 is 10.6 Å². The molecule has 0 radical (unpaired) electrons. The maximum absolute atomic E-state index is 12.0. The second kappa shape index (κ2) is 7.77. The van der Waals surface area contributed by atoms with E-state index in [0.717, 1.165) is 35.1 Å². The fourth-order valence-corrected chi connectivity index (χ4v) is 2.74. The van der Waals surface area contributed by atoms with Crippen molar-refractivity contribution in [3.63, 3.8) is 0 Å². The maximum Gasteiger partial charge on any atom is 0.220 e. The van der Waals surface area contributed by atoms with E-state index in [-0.39, 0.29) is 11.8 Å². The molecule has 0 aromatic heterocycles. The summed E-state index contributed by atoms with van der Waals surface area (Å²) >= 11 is 0. The van der Waals surface area contributed by atoms with Crippen LogP contribution in [0, 0.1) is 0 Å². The number of carbonyl (C=O) groups excluding carboxylic acids is 2. The van der Waals surface area contributed by atoms with Gasteiger partial charge in [0.2, 0.25) is 11.8 Å². The number of aryl methyl sites for hydroxylation is 2. The molecule has 2 N–H and O–H groups in total. The van der Waals surface area contributed by atoms with Crippen LogP contribution in [0.4, 0.5) is 0 Å². The zero-order valence-electron chi connectivity index (χ0n) is 13.7. The van der Waals surface area contributed by atoms with Crippen LogP contribution in [0.1, 0.15) is 35.1 Å². The summed E-state index contributed by atoms with van der Waals surface area (Å²) in [6, 6.07) is 16.1. The van der Waals surface area contributed by atoms with Crippen LogP contribution in [0.2, 0.25) is 0 Å². The molecule has 2 aromatic rings. The van der Waals surface area contributed by atoms with Crippen molar-refractivity contribution >= 4 is 11.8 Å². The van der Waals surface area contributed by atoms with Crippen molar-refractivity contribution in [1.82, 2.24) is 10.6 Å². The number of hydrogen-bond donors (Lipinski definition) is 2. The van der Waals surface area contributed by atoms with E-state index < -0.39 is 0 Å². The molecular weight excluding hydrogens is 300 g/mol. The van der Waals surface area contributed by atoms with Gasteiger partial charge in [0.25, 0.3) is 0 Å². The van der Waals surface area contributed by atoms with Crippen molar-refractivity contribution in [1.29, 1.82) is 0 Å². The molecule has 0 unspecified atom stereocenters.